The number of aliphatic carboxylic acids is 1. The van der Waals surface area contributed by atoms with Crippen LogP contribution in [0, 0.1) is 17.5 Å². The quantitative estimate of drug-likeness (QED) is 0.416. The summed E-state index contributed by atoms with van der Waals surface area (Å²) >= 11 is 1.58. The number of carbonyl (C=O) groups excluding carboxylic acids is 1. The van der Waals surface area contributed by atoms with Gasteiger partial charge in [0.1, 0.15) is 5.82 Å². The third-order valence-corrected chi connectivity index (χ3v) is 6.71. The molecule has 1 fully saturated rings. The number of urea groups is 1. The molecule has 3 aromatic rings. The van der Waals surface area contributed by atoms with E-state index in [0.29, 0.717) is 23.7 Å². The lowest BCUT2D eigenvalue weighted by Gasteiger charge is -2.29. The molecule has 0 bridgehead atoms. The van der Waals surface area contributed by atoms with Gasteiger partial charge < -0.3 is 15.7 Å². The molecule has 0 aliphatic carbocycles. The minimum atomic E-state index is -1.34. The predicted octanol–water partition coefficient (Wildman–Crippen LogP) is 5.14. The molecule has 0 unspecified atom stereocenters. The molecular formula is C23H21F3N4O3S. The number of carboxylic acids is 1. The number of likely N-dealkylation sites (tertiary alicyclic amines) is 1. The average Bonchev–Trinajstić information content (AvgIpc) is 3.28. The minimum absolute atomic E-state index is 0.0595. The van der Waals surface area contributed by atoms with E-state index in [4.69, 9.17) is 5.11 Å². The van der Waals surface area contributed by atoms with Gasteiger partial charge in [0.2, 0.25) is 0 Å². The highest BCUT2D eigenvalue weighted by Gasteiger charge is 2.24. The molecule has 0 atom stereocenters. The number of nitrogens with one attached hydrogen (secondary N) is 2. The van der Waals surface area contributed by atoms with E-state index in [2.05, 4.69) is 15.6 Å². The van der Waals surface area contributed by atoms with Crippen LogP contribution >= 0.6 is 11.3 Å². The highest BCUT2D eigenvalue weighted by atomic mass is 32.1. The van der Waals surface area contributed by atoms with Crippen LogP contribution in [0.25, 0.3) is 10.4 Å². The number of halogens is 3. The summed E-state index contributed by atoms with van der Waals surface area (Å²) in [7, 11) is 0. The van der Waals surface area contributed by atoms with E-state index in [9.17, 15) is 22.8 Å². The van der Waals surface area contributed by atoms with Crippen LogP contribution in [0.5, 0.6) is 0 Å². The van der Waals surface area contributed by atoms with Crippen molar-refractivity contribution in [1.82, 2.24) is 9.88 Å². The standard InChI is InChI=1S/C23H21F3N4O3S/c24-16-9-18(26)19(10-17(16)25)29-23(33)28-15-3-1-13(2-4-15)20-11-27-22(34-20)14-5-7-30(8-6-14)12-21(31)32/h1-4,9-11,14H,5-8,12H2,(H,31,32)(H2,28,29,33). The molecule has 1 aliphatic rings. The fourth-order valence-corrected chi connectivity index (χ4v) is 4.85. The summed E-state index contributed by atoms with van der Waals surface area (Å²) in [6, 6.07) is 7.08. The first-order valence-electron chi connectivity index (χ1n) is 10.5. The number of hydrogen-bond donors (Lipinski definition) is 3. The summed E-state index contributed by atoms with van der Waals surface area (Å²) in [4.78, 5) is 30.4. The average molecular weight is 491 g/mol. The Morgan fingerprint density at radius 3 is 2.38 bits per heavy atom. The molecule has 0 spiro atoms. The largest absolute Gasteiger partial charge is 0.480 e. The molecule has 178 valence electrons. The molecule has 1 aromatic heterocycles. The molecule has 34 heavy (non-hydrogen) atoms. The van der Waals surface area contributed by atoms with Crippen molar-refractivity contribution in [3.63, 3.8) is 0 Å². The molecule has 3 N–H and O–H groups in total. The van der Waals surface area contributed by atoms with Crippen molar-refractivity contribution in [2.45, 2.75) is 18.8 Å². The summed E-state index contributed by atoms with van der Waals surface area (Å²) in [6.07, 6.45) is 3.51. The Bertz CT molecular complexity index is 1190. The van der Waals surface area contributed by atoms with Gasteiger partial charge in [-0.15, -0.1) is 11.3 Å². The van der Waals surface area contributed by atoms with Gasteiger partial charge in [0, 0.05) is 29.9 Å². The highest BCUT2D eigenvalue weighted by Crippen LogP contribution is 2.35. The van der Waals surface area contributed by atoms with E-state index in [-0.39, 0.29) is 6.54 Å². The van der Waals surface area contributed by atoms with Crippen LogP contribution in [0.3, 0.4) is 0 Å². The number of carbonyl (C=O) groups is 2. The smallest absolute Gasteiger partial charge is 0.323 e. The topological polar surface area (TPSA) is 94.6 Å². The summed E-state index contributed by atoms with van der Waals surface area (Å²) in [5.41, 5.74) is 0.864. The van der Waals surface area contributed by atoms with Crippen molar-refractivity contribution in [1.29, 1.82) is 0 Å². The second-order valence-corrected chi connectivity index (χ2v) is 8.97. The van der Waals surface area contributed by atoms with Crippen molar-refractivity contribution in [3.8, 4) is 10.4 Å². The van der Waals surface area contributed by atoms with Crippen LogP contribution in [-0.2, 0) is 4.79 Å². The number of rotatable bonds is 6. The Kier molecular flexibility index (Phi) is 7.13. The maximum Gasteiger partial charge on any atom is 0.323 e. The van der Waals surface area contributed by atoms with E-state index < -0.39 is 35.1 Å². The predicted molar refractivity (Wildman–Crippen MR) is 123 cm³/mol. The number of carboxylic acid groups (broad SMARTS) is 1. The summed E-state index contributed by atoms with van der Waals surface area (Å²) < 4.78 is 40.0. The second kappa shape index (κ2) is 10.2. The first kappa shape index (κ1) is 23.7. The molecule has 2 amide bonds. The first-order chi connectivity index (χ1) is 16.3. The normalized spacial score (nSPS) is 14.7. The lowest BCUT2D eigenvalue weighted by atomic mass is 9.98. The maximum absolute atomic E-state index is 13.7. The van der Waals surface area contributed by atoms with Crippen LogP contribution < -0.4 is 10.6 Å². The molecular weight excluding hydrogens is 469 g/mol. The number of piperidine rings is 1. The Morgan fingerprint density at radius 2 is 1.71 bits per heavy atom. The zero-order valence-corrected chi connectivity index (χ0v) is 18.7. The van der Waals surface area contributed by atoms with Crippen molar-refractivity contribution in [2.24, 2.45) is 0 Å². The number of aromatic nitrogens is 1. The van der Waals surface area contributed by atoms with Crippen molar-refractivity contribution in [3.05, 3.63) is 65.1 Å². The van der Waals surface area contributed by atoms with Gasteiger partial charge in [-0.2, -0.15) is 0 Å². The number of benzene rings is 2. The van der Waals surface area contributed by atoms with Crippen LogP contribution in [0.2, 0.25) is 0 Å². The Balaban J connectivity index is 1.34. The summed E-state index contributed by atoms with van der Waals surface area (Å²) in [5.74, 6) is -4.21. The molecule has 1 saturated heterocycles. The number of hydrogen-bond acceptors (Lipinski definition) is 5. The number of thiazole rings is 1. The molecule has 0 saturated carbocycles. The number of amides is 2. The maximum atomic E-state index is 13.7. The number of nitrogens with zero attached hydrogens (tertiary/aromatic N) is 2. The fraction of sp³-hybridized carbons (Fsp3) is 0.261. The van der Waals surface area contributed by atoms with E-state index in [1.807, 2.05) is 4.90 Å². The fourth-order valence-electron chi connectivity index (χ4n) is 3.76. The monoisotopic (exact) mass is 490 g/mol. The Labute approximate surface area is 197 Å². The zero-order chi connectivity index (χ0) is 24.2. The van der Waals surface area contributed by atoms with Crippen LogP contribution in [0.15, 0.2) is 42.6 Å². The SMILES string of the molecule is O=C(O)CN1CCC(c2ncc(-c3ccc(NC(=O)Nc4cc(F)c(F)cc4F)cc3)s2)CC1. The van der Waals surface area contributed by atoms with Crippen molar-refractivity contribution >= 4 is 34.7 Å². The van der Waals surface area contributed by atoms with E-state index in [0.717, 1.165) is 41.4 Å². The van der Waals surface area contributed by atoms with Crippen LogP contribution in [-0.4, -0.2) is 46.6 Å². The summed E-state index contributed by atoms with van der Waals surface area (Å²) in [5, 5.41) is 14.6. The van der Waals surface area contributed by atoms with Gasteiger partial charge in [0.05, 0.1) is 22.1 Å². The van der Waals surface area contributed by atoms with Gasteiger partial charge >= 0.3 is 12.0 Å². The van der Waals surface area contributed by atoms with Gasteiger partial charge in [-0.05, 0) is 43.6 Å². The molecule has 0 radical (unpaired) electrons. The Morgan fingerprint density at radius 1 is 1.03 bits per heavy atom. The molecule has 7 nitrogen and oxygen atoms in total. The highest BCUT2D eigenvalue weighted by molar-refractivity contribution is 7.15. The van der Waals surface area contributed by atoms with E-state index in [1.165, 1.54) is 0 Å². The molecule has 11 heteroatoms. The molecule has 4 rings (SSSR count). The zero-order valence-electron chi connectivity index (χ0n) is 17.9. The van der Waals surface area contributed by atoms with Gasteiger partial charge in [-0.1, -0.05) is 12.1 Å². The van der Waals surface area contributed by atoms with Gasteiger partial charge in [-0.25, -0.2) is 22.9 Å². The molecule has 1 aliphatic heterocycles. The minimum Gasteiger partial charge on any atom is -0.480 e. The van der Waals surface area contributed by atoms with Gasteiger partial charge in [0.25, 0.3) is 0 Å². The van der Waals surface area contributed by atoms with Crippen LogP contribution in [0.1, 0.15) is 23.8 Å². The molecule has 2 aromatic carbocycles. The van der Waals surface area contributed by atoms with E-state index >= 15 is 0 Å². The third-order valence-electron chi connectivity index (χ3n) is 5.50. The van der Waals surface area contributed by atoms with Crippen molar-refractivity contribution in [2.75, 3.05) is 30.3 Å². The van der Waals surface area contributed by atoms with E-state index in [1.54, 1.807) is 41.8 Å². The third kappa shape index (κ3) is 5.72. The van der Waals surface area contributed by atoms with Gasteiger partial charge in [0.15, 0.2) is 11.6 Å². The Hall–Kier alpha value is -3.44. The second-order valence-electron chi connectivity index (χ2n) is 7.91. The molecule has 2 heterocycles. The summed E-state index contributed by atoms with van der Waals surface area (Å²) in [6.45, 7) is 1.51. The first-order valence-corrected chi connectivity index (χ1v) is 11.3. The number of anilines is 2. The van der Waals surface area contributed by atoms with Crippen LogP contribution in [0.4, 0.5) is 29.3 Å². The lowest BCUT2D eigenvalue weighted by molar-refractivity contribution is -0.138. The lowest BCUT2D eigenvalue weighted by Crippen LogP contribution is -2.36. The van der Waals surface area contributed by atoms with Crippen molar-refractivity contribution < 1.29 is 27.9 Å². The van der Waals surface area contributed by atoms with Gasteiger partial charge in [-0.3, -0.25) is 9.69 Å².